The molecule has 1 aromatic rings. The van der Waals surface area contributed by atoms with Crippen LogP contribution in [0.2, 0.25) is 0 Å². The van der Waals surface area contributed by atoms with Gasteiger partial charge in [0.1, 0.15) is 5.82 Å². The van der Waals surface area contributed by atoms with E-state index in [-0.39, 0.29) is 17.8 Å². The molecule has 0 fully saturated rings. The van der Waals surface area contributed by atoms with Gasteiger partial charge in [0.2, 0.25) is 0 Å². The first-order chi connectivity index (χ1) is 7.31. The lowest BCUT2D eigenvalue weighted by Gasteiger charge is -2.19. The minimum atomic E-state index is -1.21. The van der Waals surface area contributed by atoms with Crippen molar-refractivity contribution in [3.8, 4) is 0 Å². The summed E-state index contributed by atoms with van der Waals surface area (Å²) in [5, 5.41) is 20.9. The van der Waals surface area contributed by atoms with E-state index in [4.69, 9.17) is 5.11 Å². The third-order valence-electron chi connectivity index (χ3n) is 1.94. The number of carbonyl (C=O) groups is 1. The zero-order valence-corrected chi connectivity index (χ0v) is 9.12. The Morgan fingerprint density at radius 1 is 1.50 bits per heavy atom. The number of para-hydroxylation sites is 1. The lowest BCUT2D eigenvalue weighted by atomic mass is 10.1. The molecule has 0 aliphatic heterocycles. The topological polar surface area (TPSA) is 69.6 Å². The second-order valence-electron chi connectivity index (χ2n) is 4.13. The maximum absolute atomic E-state index is 13.4. The van der Waals surface area contributed by atoms with Gasteiger partial charge in [-0.15, -0.1) is 0 Å². The second kappa shape index (κ2) is 4.49. The largest absolute Gasteiger partial charge is 0.478 e. The van der Waals surface area contributed by atoms with Gasteiger partial charge in [-0.2, -0.15) is 0 Å². The molecule has 1 rings (SSSR count). The van der Waals surface area contributed by atoms with Gasteiger partial charge in [0.15, 0.2) is 0 Å². The van der Waals surface area contributed by atoms with E-state index in [9.17, 15) is 14.3 Å². The molecule has 16 heavy (non-hydrogen) atoms. The number of aliphatic hydroxyl groups is 1. The van der Waals surface area contributed by atoms with Crippen molar-refractivity contribution in [2.75, 3.05) is 11.9 Å². The van der Waals surface area contributed by atoms with Crippen molar-refractivity contribution in [1.29, 1.82) is 0 Å². The molecule has 0 amide bonds. The Labute approximate surface area is 92.7 Å². The molecule has 0 unspecified atom stereocenters. The van der Waals surface area contributed by atoms with Crippen LogP contribution in [0.15, 0.2) is 18.2 Å². The number of carboxylic acid groups (broad SMARTS) is 1. The first-order valence-electron chi connectivity index (χ1n) is 4.79. The van der Waals surface area contributed by atoms with Crippen LogP contribution in [0.5, 0.6) is 0 Å². The molecule has 0 aliphatic carbocycles. The Morgan fingerprint density at radius 3 is 2.62 bits per heavy atom. The lowest BCUT2D eigenvalue weighted by Crippen LogP contribution is -2.30. The molecule has 4 nitrogen and oxygen atoms in total. The fourth-order valence-electron chi connectivity index (χ4n) is 1.19. The summed E-state index contributed by atoms with van der Waals surface area (Å²) in [6.07, 6.45) is 0. The summed E-state index contributed by atoms with van der Waals surface area (Å²) in [6, 6.07) is 3.80. The minimum absolute atomic E-state index is 0.0637. The molecule has 5 heteroatoms. The fraction of sp³-hybridized carbons (Fsp3) is 0.364. The number of nitrogens with one attached hydrogen (secondary N) is 1. The predicted molar refractivity (Wildman–Crippen MR) is 58.1 cm³/mol. The van der Waals surface area contributed by atoms with Crippen LogP contribution in [0, 0.1) is 5.82 Å². The van der Waals surface area contributed by atoms with Gasteiger partial charge in [-0.25, -0.2) is 9.18 Å². The summed E-state index contributed by atoms with van der Waals surface area (Å²) < 4.78 is 13.4. The molecular weight excluding hydrogens is 213 g/mol. The van der Waals surface area contributed by atoms with Gasteiger partial charge in [0.05, 0.1) is 16.9 Å². The van der Waals surface area contributed by atoms with Crippen LogP contribution in [0.4, 0.5) is 10.1 Å². The normalized spacial score (nSPS) is 11.2. The standard InChI is InChI=1S/C11H14FNO3/c1-11(2,16)6-13-9-7(10(14)15)4-3-5-8(9)12/h3-5,13,16H,6H2,1-2H3,(H,14,15). The van der Waals surface area contributed by atoms with Crippen LogP contribution in [0.3, 0.4) is 0 Å². The average molecular weight is 227 g/mol. The van der Waals surface area contributed by atoms with Crippen LogP contribution < -0.4 is 5.32 Å². The van der Waals surface area contributed by atoms with Gasteiger partial charge in [-0.3, -0.25) is 0 Å². The number of halogens is 1. The van der Waals surface area contributed by atoms with E-state index in [2.05, 4.69) is 5.32 Å². The third-order valence-corrected chi connectivity index (χ3v) is 1.94. The van der Waals surface area contributed by atoms with Gasteiger partial charge in [0.25, 0.3) is 0 Å². The number of anilines is 1. The summed E-state index contributed by atoms with van der Waals surface area (Å²) in [7, 11) is 0. The number of benzene rings is 1. The third kappa shape index (κ3) is 3.20. The Morgan fingerprint density at radius 2 is 2.12 bits per heavy atom. The molecule has 0 aromatic heterocycles. The Balaban J connectivity index is 2.98. The van der Waals surface area contributed by atoms with Gasteiger partial charge in [-0.1, -0.05) is 6.07 Å². The smallest absolute Gasteiger partial charge is 0.337 e. The first kappa shape index (κ1) is 12.4. The average Bonchev–Trinajstić information content (AvgIpc) is 2.13. The molecule has 0 aliphatic rings. The number of rotatable bonds is 4. The predicted octanol–water partition coefficient (Wildman–Crippen LogP) is 1.71. The fourth-order valence-corrected chi connectivity index (χ4v) is 1.19. The van der Waals surface area contributed by atoms with E-state index in [0.29, 0.717) is 0 Å². The molecular formula is C11H14FNO3. The SMILES string of the molecule is CC(C)(O)CNc1c(F)cccc1C(=O)O. The van der Waals surface area contributed by atoms with Gasteiger partial charge >= 0.3 is 5.97 Å². The van der Waals surface area contributed by atoms with Crippen LogP contribution in [0.25, 0.3) is 0 Å². The Bertz CT molecular complexity index is 399. The first-order valence-corrected chi connectivity index (χ1v) is 4.79. The van der Waals surface area contributed by atoms with Crippen molar-refractivity contribution in [1.82, 2.24) is 0 Å². The highest BCUT2D eigenvalue weighted by Crippen LogP contribution is 2.20. The molecule has 0 saturated heterocycles. The van der Waals surface area contributed by atoms with Crippen molar-refractivity contribution in [2.45, 2.75) is 19.4 Å². The van der Waals surface area contributed by atoms with Gasteiger partial charge < -0.3 is 15.5 Å². The van der Waals surface area contributed by atoms with E-state index in [1.165, 1.54) is 18.2 Å². The highest BCUT2D eigenvalue weighted by atomic mass is 19.1. The van der Waals surface area contributed by atoms with E-state index in [0.717, 1.165) is 0 Å². The van der Waals surface area contributed by atoms with Crippen LogP contribution in [0.1, 0.15) is 24.2 Å². The molecule has 0 bridgehead atoms. The quantitative estimate of drug-likeness (QED) is 0.732. The molecule has 0 heterocycles. The van der Waals surface area contributed by atoms with E-state index < -0.39 is 17.4 Å². The Kier molecular flexibility index (Phi) is 3.49. The highest BCUT2D eigenvalue weighted by Gasteiger charge is 2.17. The van der Waals surface area contributed by atoms with Crippen molar-refractivity contribution < 1.29 is 19.4 Å². The highest BCUT2D eigenvalue weighted by molar-refractivity contribution is 5.94. The molecule has 0 saturated carbocycles. The number of hydrogen-bond donors (Lipinski definition) is 3. The van der Waals surface area contributed by atoms with Crippen LogP contribution in [-0.2, 0) is 0 Å². The Hall–Kier alpha value is -1.62. The van der Waals surface area contributed by atoms with E-state index in [1.54, 1.807) is 13.8 Å². The van der Waals surface area contributed by atoms with Crippen LogP contribution in [-0.4, -0.2) is 28.3 Å². The number of aromatic carboxylic acids is 1. The zero-order chi connectivity index (χ0) is 12.3. The molecule has 3 N–H and O–H groups in total. The van der Waals surface area contributed by atoms with Crippen LogP contribution >= 0.6 is 0 Å². The van der Waals surface area contributed by atoms with Crippen molar-refractivity contribution in [3.63, 3.8) is 0 Å². The monoisotopic (exact) mass is 227 g/mol. The van der Waals surface area contributed by atoms with E-state index in [1.807, 2.05) is 0 Å². The van der Waals surface area contributed by atoms with E-state index >= 15 is 0 Å². The molecule has 1 aromatic carbocycles. The zero-order valence-electron chi connectivity index (χ0n) is 9.12. The summed E-state index contributed by atoms with van der Waals surface area (Å²) in [6.45, 7) is 3.15. The molecule has 0 radical (unpaired) electrons. The minimum Gasteiger partial charge on any atom is -0.478 e. The maximum atomic E-state index is 13.4. The molecule has 0 spiro atoms. The summed E-state index contributed by atoms with van der Waals surface area (Å²) in [4.78, 5) is 10.8. The maximum Gasteiger partial charge on any atom is 0.337 e. The summed E-state index contributed by atoms with van der Waals surface area (Å²) in [5.41, 5.74) is -1.29. The molecule has 0 atom stereocenters. The second-order valence-corrected chi connectivity index (χ2v) is 4.13. The lowest BCUT2D eigenvalue weighted by molar-refractivity contribution is 0.0695. The number of hydrogen-bond acceptors (Lipinski definition) is 3. The number of carboxylic acids is 1. The van der Waals surface area contributed by atoms with Crippen molar-refractivity contribution in [3.05, 3.63) is 29.6 Å². The summed E-state index contributed by atoms with van der Waals surface area (Å²) in [5.74, 6) is -1.86. The van der Waals surface area contributed by atoms with Gasteiger partial charge in [0, 0.05) is 6.54 Å². The van der Waals surface area contributed by atoms with Crippen molar-refractivity contribution in [2.24, 2.45) is 0 Å². The summed E-state index contributed by atoms with van der Waals surface area (Å²) >= 11 is 0. The van der Waals surface area contributed by atoms with Crippen molar-refractivity contribution >= 4 is 11.7 Å². The van der Waals surface area contributed by atoms with Gasteiger partial charge in [-0.05, 0) is 26.0 Å². The molecule has 88 valence electrons.